The number of nitrogens with one attached hydrogen (secondary N) is 4. The molecule has 0 bridgehead atoms. The molecule has 4 N–H and O–H groups in total. The lowest BCUT2D eigenvalue weighted by Crippen LogP contribution is -2.52. The van der Waals surface area contributed by atoms with Crippen molar-refractivity contribution in [2.75, 3.05) is 19.8 Å². The van der Waals surface area contributed by atoms with Crippen molar-refractivity contribution in [2.45, 2.75) is 45.7 Å². The van der Waals surface area contributed by atoms with Crippen LogP contribution in [0.25, 0.3) is 22.0 Å². The second kappa shape index (κ2) is 14.5. The van der Waals surface area contributed by atoms with E-state index in [9.17, 15) is 24.0 Å². The molecule has 11 heteroatoms. The topological polar surface area (TPSA) is 156 Å². The Kier molecular flexibility index (Phi) is 10.3. The fraction of sp³-hybridized carbons (Fsp3) is 0.345. The summed E-state index contributed by atoms with van der Waals surface area (Å²) >= 11 is 0. The van der Waals surface area contributed by atoms with Crippen molar-refractivity contribution in [1.82, 2.24) is 20.9 Å². The number of carbonyl (C=O) groups is 5. The number of aromatic amines is 1. The van der Waals surface area contributed by atoms with Gasteiger partial charge in [0.05, 0.1) is 19.8 Å². The van der Waals surface area contributed by atoms with E-state index in [1.807, 2.05) is 48.5 Å². The summed E-state index contributed by atoms with van der Waals surface area (Å²) in [5.41, 5.74) is 3.00. The first kappa shape index (κ1) is 28.3. The molecule has 40 heavy (non-hydrogen) atoms. The zero-order valence-electron chi connectivity index (χ0n) is 23.7. The average molecular weight is 552 g/mol. The smallest absolute Gasteiger partial charge is 0.328 e. The first-order chi connectivity index (χ1) is 19.6. The molecule has 3 aromatic rings. The molecule has 0 saturated heterocycles. The largest absolute Gasteiger partial charge is 0.466 e. The molecule has 3 rings (SSSR count). The Morgan fingerprint density at radius 3 is 2.38 bits per heavy atom. The number of carbonyl (C=O) groups excluding carboxylic acids is 5. The number of amides is 3. The summed E-state index contributed by atoms with van der Waals surface area (Å²) in [7, 11) is 0. The molecule has 1 heterocycles. The zero-order chi connectivity index (χ0) is 29.9. The van der Waals surface area contributed by atoms with Crippen LogP contribution < -0.4 is 15.9 Å². The second-order valence-corrected chi connectivity index (χ2v) is 8.89. The van der Waals surface area contributed by atoms with Gasteiger partial charge in [-0.05, 0) is 56.5 Å². The second-order valence-electron chi connectivity index (χ2n) is 8.89. The maximum Gasteiger partial charge on any atom is 0.328 e. The summed E-state index contributed by atoms with van der Waals surface area (Å²) in [6.07, 6.45) is -0.210. The fourth-order valence-electron chi connectivity index (χ4n) is 3.92. The molecule has 0 radical (unpaired) electrons. The fourth-order valence-corrected chi connectivity index (χ4v) is 3.92. The lowest BCUT2D eigenvalue weighted by molar-refractivity contribution is -0.149. The van der Waals surface area contributed by atoms with Crippen LogP contribution in [0.2, 0.25) is 1.41 Å². The van der Waals surface area contributed by atoms with Gasteiger partial charge in [-0.2, -0.15) is 0 Å². The van der Waals surface area contributed by atoms with Crippen LogP contribution in [0.4, 0.5) is 0 Å². The normalized spacial score (nSPS) is 12.5. The number of esters is 2. The van der Waals surface area contributed by atoms with Gasteiger partial charge in [-0.15, -0.1) is 0 Å². The van der Waals surface area contributed by atoms with Crippen molar-refractivity contribution in [3.8, 4) is 11.1 Å². The minimum atomic E-state index is -1.30. The number of ether oxygens (including phenoxy) is 2. The average Bonchev–Trinajstić information content (AvgIpc) is 3.41. The number of rotatable bonds is 13. The van der Waals surface area contributed by atoms with Gasteiger partial charge in [0.25, 0.3) is 5.91 Å². The third kappa shape index (κ3) is 8.42. The van der Waals surface area contributed by atoms with E-state index in [2.05, 4.69) is 15.6 Å². The Bertz CT molecular complexity index is 1390. The van der Waals surface area contributed by atoms with Gasteiger partial charge in [0, 0.05) is 17.3 Å². The van der Waals surface area contributed by atoms with Crippen LogP contribution in [-0.2, 0) is 28.7 Å². The van der Waals surface area contributed by atoms with E-state index in [4.69, 9.17) is 10.9 Å². The van der Waals surface area contributed by atoms with E-state index in [0.29, 0.717) is 5.31 Å². The number of hydrogen-bond donors (Lipinski definition) is 4. The van der Waals surface area contributed by atoms with Gasteiger partial charge < -0.3 is 30.4 Å². The maximum absolute atomic E-state index is 12.7. The van der Waals surface area contributed by atoms with Gasteiger partial charge in [-0.25, -0.2) is 4.79 Å². The van der Waals surface area contributed by atoms with Crippen LogP contribution in [-0.4, -0.2) is 66.5 Å². The molecule has 0 aliphatic carbocycles. The standard InChI is InChI=1S/C29H34N4O7/c1-4-39-26(35)14-13-23(29(38)40-5-2)33-27(36)18(3)31-25(34)17-30-28(37)24-16-21-15-20(11-12-22(21)32-24)19-9-7-6-8-10-19/h6-12,15-16,18,23,32H,4-5,13-14,17H2,1-3H3,(H,30,37)(H,31,34)(H,33,36)/t18-,23-/m0/s1/i/hD. The van der Waals surface area contributed by atoms with E-state index in [-0.39, 0.29) is 31.7 Å². The van der Waals surface area contributed by atoms with Crippen molar-refractivity contribution >= 4 is 40.6 Å². The molecule has 212 valence electrons. The summed E-state index contributed by atoms with van der Waals surface area (Å²) in [5, 5.41) is 6.12. The minimum absolute atomic E-state index is 0.0630. The molecule has 2 atom stereocenters. The first-order valence-electron chi connectivity index (χ1n) is 13.5. The first-order valence-corrected chi connectivity index (χ1v) is 13.0. The minimum Gasteiger partial charge on any atom is -0.466 e. The summed E-state index contributed by atoms with van der Waals surface area (Å²) in [6, 6.07) is 14.7. The number of aromatic nitrogens is 1. The number of fused-ring (bicyclic) bond motifs is 1. The highest BCUT2D eigenvalue weighted by Crippen LogP contribution is 2.24. The van der Waals surface area contributed by atoms with Crippen molar-refractivity contribution in [3.63, 3.8) is 0 Å². The molecule has 2 aromatic carbocycles. The lowest BCUT2D eigenvalue weighted by Gasteiger charge is -2.20. The molecular formula is C29H34N4O7. The van der Waals surface area contributed by atoms with E-state index in [1.54, 1.807) is 19.9 Å². The van der Waals surface area contributed by atoms with Gasteiger partial charge in [0.1, 0.15) is 17.8 Å². The molecular weight excluding hydrogens is 516 g/mol. The Morgan fingerprint density at radius 1 is 0.950 bits per heavy atom. The van der Waals surface area contributed by atoms with Gasteiger partial charge in [-0.1, -0.05) is 36.4 Å². The van der Waals surface area contributed by atoms with Crippen LogP contribution in [0.5, 0.6) is 0 Å². The molecule has 0 aliphatic heterocycles. The Balaban J connectivity index is 1.57. The number of H-pyrrole nitrogens is 1. The quantitative estimate of drug-likeness (QED) is 0.238. The zero-order valence-corrected chi connectivity index (χ0v) is 22.7. The monoisotopic (exact) mass is 551 g/mol. The number of hydrogen-bond acceptors (Lipinski definition) is 7. The van der Waals surface area contributed by atoms with E-state index in [0.717, 1.165) is 22.0 Å². The molecule has 1 aromatic heterocycles. The van der Waals surface area contributed by atoms with Gasteiger partial charge in [0.2, 0.25) is 11.8 Å². The molecule has 0 saturated carbocycles. The van der Waals surface area contributed by atoms with Crippen molar-refractivity contribution in [3.05, 3.63) is 60.3 Å². The van der Waals surface area contributed by atoms with Crippen molar-refractivity contribution in [1.29, 1.82) is 0 Å². The van der Waals surface area contributed by atoms with Gasteiger partial charge >= 0.3 is 11.9 Å². The molecule has 0 aliphatic rings. The molecule has 0 spiro atoms. The third-order valence-electron chi connectivity index (χ3n) is 5.92. The van der Waals surface area contributed by atoms with E-state index in [1.165, 1.54) is 6.92 Å². The van der Waals surface area contributed by atoms with Crippen molar-refractivity contribution < 1.29 is 34.9 Å². The van der Waals surface area contributed by atoms with Crippen LogP contribution in [0.1, 0.15) is 44.1 Å². The van der Waals surface area contributed by atoms with Gasteiger partial charge in [-0.3, -0.25) is 19.2 Å². The predicted molar refractivity (Wildman–Crippen MR) is 148 cm³/mol. The number of benzene rings is 2. The Labute approximate surface area is 233 Å². The highest BCUT2D eigenvalue weighted by atomic mass is 16.5. The Hall–Kier alpha value is -4.67. The third-order valence-corrected chi connectivity index (χ3v) is 5.92. The van der Waals surface area contributed by atoms with Gasteiger partial charge in [0.15, 0.2) is 1.41 Å². The molecule has 0 fully saturated rings. The van der Waals surface area contributed by atoms with Crippen LogP contribution >= 0.6 is 0 Å². The lowest BCUT2D eigenvalue weighted by atomic mass is 10.0. The SMILES string of the molecule is [2H]N(C(=O)CNC(=O)c1cc2cc(-c3ccccc3)ccc2[nH]1)[C@@H](C)C(=O)N[C@@H](CCC(=O)OCC)C(=O)OCC. The van der Waals surface area contributed by atoms with Crippen molar-refractivity contribution in [2.24, 2.45) is 0 Å². The maximum atomic E-state index is 12.7. The Morgan fingerprint density at radius 2 is 1.68 bits per heavy atom. The predicted octanol–water partition coefficient (Wildman–Crippen LogP) is 2.46. The molecule has 11 nitrogen and oxygen atoms in total. The summed E-state index contributed by atoms with van der Waals surface area (Å²) in [4.78, 5) is 65.0. The van der Waals surface area contributed by atoms with E-state index >= 15 is 0 Å². The van der Waals surface area contributed by atoms with Crippen LogP contribution in [0, 0.1) is 0 Å². The highest BCUT2D eigenvalue weighted by Gasteiger charge is 2.26. The van der Waals surface area contributed by atoms with E-state index < -0.39 is 48.3 Å². The molecule has 3 amide bonds. The highest BCUT2D eigenvalue weighted by molar-refractivity contribution is 6.00. The van der Waals surface area contributed by atoms with Crippen LogP contribution in [0.3, 0.4) is 0 Å². The summed E-state index contributed by atoms with van der Waals surface area (Å²) < 4.78 is 17.9. The summed E-state index contributed by atoms with van der Waals surface area (Å²) in [5.74, 6) is -3.48. The summed E-state index contributed by atoms with van der Waals surface area (Å²) in [6.45, 7) is 4.25. The van der Waals surface area contributed by atoms with Crippen LogP contribution in [0.15, 0.2) is 54.6 Å². The molecule has 0 unspecified atom stereocenters.